The van der Waals surface area contributed by atoms with Crippen molar-refractivity contribution in [3.63, 3.8) is 0 Å². The van der Waals surface area contributed by atoms with E-state index in [1.807, 2.05) is 0 Å². The van der Waals surface area contributed by atoms with E-state index < -0.39 is 5.41 Å². The van der Waals surface area contributed by atoms with Gasteiger partial charge in [-0.15, -0.1) is 0 Å². The summed E-state index contributed by atoms with van der Waals surface area (Å²) < 4.78 is 0. The summed E-state index contributed by atoms with van der Waals surface area (Å²) >= 11 is 0. The summed E-state index contributed by atoms with van der Waals surface area (Å²) in [6.07, 6.45) is 27.0. The molecule has 12 rings (SSSR count). The van der Waals surface area contributed by atoms with Crippen molar-refractivity contribution in [3.8, 4) is 44.9 Å². The standard InChI is InChI=1S/C64H54N2/c1-42-20-18-25-47(38-42)58-41-59(66-61(65-58)44-23-10-6-11-24-44)49-26-19-31-56-60(49)50-39-46(48-34-32-45(43-21-8-5-9-22-43)40-57(48)63(4)36-16-7-17-37-63)33-35-51(50)64(56)54-29-14-12-27-52(54)62(2,3)53-28-13-15-30-55(53)64/h6-8,10-36,39-42H,5,9,37-38H2,1-4H3. The van der Waals surface area contributed by atoms with Crippen LogP contribution in [0.4, 0.5) is 0 Å². The Morgan fingerprint density at radius 1 is 0.530 bits per heavy atom. The molecule has 0 saturated carbocycles. The maximum atomic E-state index is 5.52. The molecule has 0 amide bonds. The highest BCUT2D eigenvalue weighted by molar-refractivity contribution is 5.98. The van der Waals surface area contributed by atoms with E-state index in [1.54, 1.807) is 0 Å². The van der Waals surface area contributed by atoms with Gasteiger partial charge in [-0.05, 0) is 128 Å². The van der Waals surface area contributed by atoms with Crippen LogP contribution in [0.3, 0.4) is 0 Å². The van der Waals surface area contributed by atoms with Crippen LogP contribution in [0.1, 0.15) is 104 Å². The van der Waals surface area contributed by atoms with Crippen molar-refractivity contribution < 1.29 is 0 Å². The molecular weight excluding hydrogens is 797 g/mol. The minimum absolute atomic E-state index is 0.166. The molecule has 0 aliphatic heterocycles. The van der Waals surface area contributed by atoms with Gasteiger partial charge in [0, 0.05) is 22.0 Å². The molecule has 5 aliphatic rings. The summed E-state index contributed by atoms with van der Waals surface area (Å²) in [4.78, 5) is 10.8. The molecule has 7 aromatic rings. The lowest BCUT2D eigenvalue weighted by molar-refractivity contribution is 0.563. The molecule has 2 unspecified atom stereocenters. The van der Waals surface area contributed by atoms with E-state index in [0.717, 1.165) is 54.0 Å². The zero-order chi connectivity index (χ0) is 44.6. The van der Waals surface area contributed by atoms with Crippen molar-refractivity contribution in [2.45, 2.75) is 69.6 Å². The highest BCUT2D eigenvalue weighted by atomic mass is 14.9. The normalized spacial score (nSPS) is 20.3. The van der Waals surface area contributed by atoms with Gasteiger partial charge in [0.05, 0.1) is 16.8 Å². The van der Waals surface area contributed by atoms with Crippen LogP contribution in [0.15, 0.2) is 200 Å². The molecule has 1 heterocycles. The Labute approximate surface area is 390 Å². The van der Waals surface area contributed by atoms with Crippen LogP contribution >= 0.6 is 0 Å². The number of hydrogen-bond donors (Lipinski definition) is 0. The van der Waals surface area contributed by atoms with E-state index in [0.29, 0.717) is 5.92 Å². The first-order chi connectivity index (χ1) is 32.2. The molecule has 6 aromatic carbocycles. The van der Waals surface area contributed by atoms with E-state index in [4.69, 9.17) is 9.97 Å². The first-order valence-corrected chi connectivity index (χ1v) is 23.9. The molecule has 2 heteroatoms. The number of nitrogens with zero attached hydrogens (tertiary/aromatic N) is 2. The van der Waals surface area contributed by atoms with Gasteiger partial charge in [-0.25, -0.2) is 9.97 Å². The van der Waals surface area contributed by atoms with Gasteiger partial charge in [-0.2, -0.15) is 0 Å². The molecule has 0 bridgehead atoms. The summed E-state index contributed by atoms with van der Waals surface area (Å²) in [5.41, 5.74) is 21.4. The Bertz CT molecular complexity index is 3260. The third-order valence-corrected chi connectivity index (χ3v) is 15.3. The number of allylic oxidation sites excluding steroid dienone is 12. The quantitative estimate of drug-likeness (QED) is 0.167. The van der Waals surface area contributed by atoms with Gasteiger partial charge in [0.25, 0.3) is 0 Å². The molecule has 5 aliphatic carbocycles. The van der Waals surface area contributed by atoms with Gasteiger partial charge in [0.2, 0.25) is 0 Å². The molecule has 0 N–H and O–H groups in total. The van der Waals surface area contributed by atoms with E-state index in [2.05, 4.69) is 228 Å². The maximum Gasteiger partial charge on any atom is 0.160 e. The second-order valence-corrected chi connectivity index (χ2v) is 19.8. The van der Waals surface area contributed by atoms with E-state index in [1.165, 1.54) is 77.9 Å². The Kier molecular flexibility index (Phi) is 9.47. The highest BCUT2D eigenvalue weighted by Gasteiger charge is 2.54. The fourth-order valence-electron chi connectivity index (χ4n) is 12.0. The largest absolute Gasteiger partial charge is 0.228 e. The van der Waals surface area contributed by atoms with Gasteiger partial charge in [-0.3, -0.25) is 0 Å². The lowest BCUT2D eigenvalue weighted by atomic mass is 9.55. The third-order valence-electron chi connectivity index (χ3n) is 15.3. The Morgan fingerprint density at radius 3 is 1.98 bits per heavy atom. The van der Waals surface area contributed by atoms with Crippen molar-refractivity contribution in [3.05, 3.63) is 250 Å². The number of rotatable bonds is 6. The summed E-state index contributed by atoms with van der Waals surface area (Å²) in [5.74, 6) is 1.18. The summed E-state index contributed by atoms with van der Waals surface area (Å²) in [6, 6.07) is 52.9. The van der Waals surface area contributed by atoms with Gasteiger partial charge >= 0.3 is 0 Å². The number of hydrogen-bond acceptors (Lipinski definition) is 2. The summed E-state index contributed by atoms with van der Waals surface area (Å²) in [6.45, 7) is 9.49. The van der Waals surface area contributed by atoms with Crippen LogP contribution in [-0.2, 0) is 16.2 Å². The maximum absolute atomic E-state index is 5.52. The Balaban J connectivity index is 1.16. The smallest absolute Gasteiger partial charge is 0.160 e. The second-order valence-electron chi connectivity index (χ2n) is 19.8. The minimum Gasteiger partial charge on any atom is -0.228 e. The summed E-state index contributed by atoms with van der Waals surface area (Å²) in [7, 11) is 0. The molecule has 1 aromatic heterocycles. The van der Waals surface area contributed by atoms with Crippen molar-refractivity contribution in [2.24, 2.45) is 5.92 Å². The van der Waals surface area contributed by atoms with E-state index >= 15 is 0 Å². The summed E-state index contributed by atoms with van der Waals surface area (Å²) in [5, 5.41) is 0. The predicted octanol–water partition coefficient (Wildman–Crippen LogP) is 16.0. The minimum atomic E-state index is -0.554. The average molecular weight is 851 g/mol. The first-order valence-electron chi connectivity index (χ1n) is 23.9. The lowest BCUT2D eigenvalue weighted by Gasteiger charge is -2.46. The van der Waals surface area contributed by atoms with Crippen LogP contribution in [-0.4, -0.2) is 9.97 Å². The van der Waals surface area contributed by atoms with Gasteiger partial charge in [0.1, 0.15) is 0 Å². The monoisotopic (exact) mass is 850 g/mol. The molecule has 320 valence electrons. The van der Waals surface area contributed by atoms with Gasteiger partial charge < -0.3 is 0 Å². The SMILES string of the molecule is CC1C=CC=C(c2cc(-c3cccc4c3-c3cc(-c5ccc(C6=CCCC=C6)cc5C5(C)C=CC=CC5)ccc3C43c4ccccc4C(C)(C)c4ccccc43)nc(-c3ccccc3)n2)C1. The molecule has 0 radical (unpaired) electrons. The van der Waals surface area contributed by atoms with Crippen LogP contribution in [0, 0.1) is 5.92 Å². The predicted molar refractivity (Wildman–Crippen MR) is 275 cm³/mol. The van der Waals surface area contributed by atoms with Crippen LogP contribution < -0.4 is 0 Å². The lowest BCUT2D eigenvalue weighted by Crippen LogP contribution is -2.40. The number of aromatic nitrogens is 2. The van der Waals surface area contributed by atoms with Crippen molar-refractivity contribution in [2.75, 3.05) is 0 Å². The molecule has 2 atom stereocenters. The Morgan fingerprint density at radius 2 is 1.26 bits per heavy atom. The van der Waals surface area contributed by atoms with Gasteiger partial charge in [-0.1, -0.05) is 210 Å². The Hall–Kier alpha value is -7.16. The number of fused-ring (bicyclic) bond motifs is 9. The molecule has 0 fully saturated rings. The first kappa shape index (κ1) is 40.4. The molecular formula is C64H54N2. The fourth-order valence-corrected chi connectivity index (χ4v) is 12.0. The number of benzene rings is 6. The molecule has 2 nitrogen and oxygen atoms in total. The van der Waals surface area contributed by atoms with E-state index in [9.17, 15) is 0 Å². The zero-order valence-corrected chi connectivity index (χ0v) is 38.4. The average Bonchev–Trinajstić information content (AvgIpc) is 3.66. The van der Waals surface area contributed by atoms with Crippen molar-refractivity contribution in [1.82, 2.24) is 9.97 Å². The van der Waals surface area contributed by atoms with E-state index in [-0.39, 0.29) is 10.8 Å². The topological polar surface area (TPSA) is 25.8 Å². The second kappa shape index (κ2) is 15.5. The van der Waals surface area contributed by atoms with Crippen LogP contribution in [0.2, 0.25) is 0 Å². The molecule has 0 saturated heterocycles. The molecule has 66 heavy (non-hydrogen) atoms. The van der Waals surface area contributed by atoms with Crippen LogP contribution in [0.25, 0.3) is 56.0 Å². The van der Waals surface area contributed by atoms with Crippen molar-refractivity contribution >= 4 is 11.1 Å². The highest BCUT2D eigenvalue weighted by Crippen LogP contribution is 2.64. The molecule has 1 spiro atoms. The van der Waals surface area contributed by atoms with Gasteiger partial charge in [0.15, 0.2) is 5.82 Å². The van der Waals surface area contributed by atoms with Crippen LogP contribution in [0.5, 0.6) is 0 Å². The van der Waals surface area contributed by atoms with Crippen molar-refractivity contribution in [1.29, 1.82) is 0 Å². The third kappa shape index (κ3) is 6.22. The fraction of sp³-hybridized carbons (Fsp3) is 0.188. The zero-order valence-electron chi connectivity index (χ0n) is 38.4.